The van der Waals surface area contributed by atoms with E-state index in [-0.39, 0.29) is 0 Å². The fourth-order valence-corrected chi connectivity index (χ4v) is 2.10. The van der Waals surface area contributed by atoms with Crippen molar-refractivity contribution in [2.24, 2.45) is 7.05 Å². The number of carbonyl (C=O) groups excluding carboxylic acids is 1. The molecule has 0 radical (unpaired) electrons. The van der Waals surface area contributed by atoms with Gasteiger partial charge in [0.15, 0.2) is 0 Å². The predicted molar refractivity (Wildman–Crippen MR) is 49.5 cm³/mol. The van der Waals surface area contributed by atoms with Gasteiger partial charge in [-0.3, -0.25) is 9.48 Å². The lowest BCUT2D eigenvalue weighted by molar-refractivity contribution is -0.117. The van der Waals surface area contributed by atoms with E-state index >= 15 is 0 Å². The third-order valence-electron chi connectivity index (χ3n) is 2.74. The SMILES string of the molecule is Cc1nn(C)cc1C1CCC(=O)C1. The molecular formula is C10H14N2O. The molecule has 0 aromatic carbocycles. The van der Waals surface area contributed by atoms with Crippen LogP contribution < -0.4 is 0 Å². The van der Waals surface area contributed by atoms with Gasteiger partial charge in [-0.1, -0.05) is 0 Å². The van der Waals surface area contributed by atoms with Crippen LogP contribution in [-0.4, -0.2) is 15.6 Å². The normalized spacial score (nSPS) is 22.6. The van der Waals surface area contributed by atoms with Crippen LogP contribution >= 0.6 is 0 Å². The lowest BCUT2D eigenvalue weighted by atomic mass is 9.99. The maximum Gasteiger partial charge on any atom is 0.133 e. The van der Waals surface area contributed by atoms with Gasteiger partial charge in [-0.15, -0.1) is 0 Å². The predicted octanol–water partition coefficient (Wildman–Crippen LogP) is 1.57. The summed E-state index contributed by atoms with van der Waals surface area (Å²) in [5.74, 6) is 0.828. The highest BCUT2D eigenvalue weighted by atomic mass is 16.1. The largest absolute Gasteiger partial charge is 0.300 e. The van der Waals surface area contributed by atoms with E-state index in [9.17, 15) is 4.79 Å². The molecule has 70 valence electrons. The Morgan fingerprint density at radius 1 is 1.62 bits per heavy atom. The first kappa shape index (κ1) is 8.48. The summed E-state index contributed by atoms with van der Waals surface area (Å²) in [7, 11) is 1.92. The van der Waals surface area contributed by atoms with Crippen LogP contribution in [0.1, 0.15) is 36.4 Å². The molecule has 1 aromatic rings. The van der Waals surface area contributed by atoms with Gasteiger partial charge >= 0.3 is 0 Å². The highest BCUT2D eigenvalue weighted by molar-refractivity contribution is 5.81. The standard InChI is InChI=1S/C10H14N2O/c1-7-10(6-12(2)11-7)8-3-4-9(13)5-8/h6,8H,3-5H2,1-2H3. The Morgan fingerprint density at radius 2 is 2.38 bits per heavy atom. The van der Waals surface area contributed by atoms with Crippen LogP contribution in [0.4, 0.5) is 0 Å². The van der Waals surface area contributed by atoms with Gasteiger partial charge in [0.05, 0.1) is 5.69 Å². The monoisotopic (exact) mass is 178 g/mol. The third-order valence-corrected chi connectivity index (χ3v) is 2.74. The third kappa shape index (κ3) is 1.50. The topological polar surface area (TPSA) is 34.9 Å². The van der Waals surface area contributed by atoms with Crippen LogP contribution in [-0.2, 0) is 11.8 Å². The Bertz CT molecular complexity index is 341. The van der Waals surface area contributed by atoms with Gasteiger partial charge in [0.2, 0.25) is 0 Å². The van der Waals surface area contributed by atoms with E-state index in [1.54, 1.807) is 0 Å². The summed E-state index contributed by atoms with van der Waals surface area (Å²) in [5, 5.41) is 4.29. The molecule has 1 aliphatic rings. The zero-order chi connectivity index (χ0) is 9.42. The minimum absolute atomic E-state index is 0.397. The lowest BCUT2D eigenvalue weighted by Gasteiger charge is -2.04. The molecule has 1 atom stereocenters. The van der Waals surface area contributed by atoms with Crippen molar-refractivity contribution in [1.29, 1.82) is 0 Å². The summed E-state index contributed by atoms with van der Waals surface area (Å²) in [6.07, 6.45) is 4.51. The Morgan fingerprint density at radius 3 is 2.85 bits per heavy atom. The lowest BCUT2D eigenvalue weighted by Crippen LogP contribution is -1.94. The summed E-state index contributed by atoms with van der Waals surface area (Å²) in [6, 6.07) is 0. The van der Waals surface area contributed by atoms with Gasteiger partial charge in [-0.2, -0.15) is 5.10 Å². The molecule has 1 unspecified atom stereocenters. The smallest absolute Gasteiger partial charge is 0.133 e. The molecule has 3 heteroatoms. The average molecular weight is 178 g/mol. The molecule has 3 nitrogen and oxygen atoms in total. The van der Waals surface area contributed by atoms with E-state index in [0.29, 0.717) is 18.1 Å². The van der Waals surface area contributed by atoms with Crippen LogP contribution in [0.25, 0.3) is 0 Å². The molecular weight excluding hydrogens is 164 g/mol. The first-order valence-corrected chi connectivity index (χ1v) is 4.68. The second kappa shape index (κ2) is 2.98. The maximum atomic E-state index is 11.1. The maximum absolute atomic E-state index is 11.1. The summed E-state index contributed by atoms with van der Waals surface area (Å²) >= 11 is 0. The molecule has 0 spiro atoms. The van der Waals surface area contributed by atoms with Crippen molar-refractivity contribution in [1.82, 2.24) is 9.78 Å². The number of hydrogen-bond acceptors (Lipinski definition) is 2. The minimum Gasteiger partial charge on any atom is -0.300 e. The first-order valence-electron chi connectivity index (χ1n) is 4.68. The molecule has 1 heterocycles. The zero-order valence-corrected chi connectivity index (χ0v) is 8.08. The van der Waals surface area contributed by atoms with E-state index in [0.717, 1.165) is 18.5 Å². The number of ketones is 1. The first-order chi connectivity index (χ1) is 6.16. The zero-order valence-electron chi connectivity index (χ0n) is 8.08. The van der Waals surface area contributed by atoms with Gasteiger partial charge in [0, 0.05) is 26.1 Å². The summed E-state index contributed by atoms with van der Waals surface area (Å²) in [5.41, 5.74) is 2.33. The number of aromatic nitrogens is 2. The Labute approximate surface area is 77.7 Å². The van der Waals surface area contributed by atoms with Crippen molar-refractivity contribution >= 4 is 5.78 Å². The molecule has 0 aliphatic heterocycles. The summed E-state index contributed by atoms with van der Waals surface area (Å²) in [6.45, 7) is 2.01. The molecule has 0 saturated heterocycles. The number of carbonyl (C=O) groups is 1. The van der Waals surface area contributed by atoms with Gasteiger partial charge < -0.3 is 0 Å². The minimum atomic E-state index is 0.397. The molecule has 1 saturated carbocycles. The number of nitrogens with zero attached hydrogens (tertiary/aromatic N) is 2. The molecule has 0 amide bonds. The van der Waals surface area contributed by atoms with Crippen molar-refractivity contribution in [3.05, 3.63) is 17.5 Å². The van der Waals surface area contributed by atoms with Crippen molar-refractivity contribution in [3.8, 4) is 0 Å². The van der Waals surface area contributed by atoms with Gasteiger partial charge in [0.1, 0.15) is 5.78 Å². The van der Waals surface area contributed by atoms with Crippen LogP contribution in [0, 0.1) is 6.92 Å². The number of aryl methyl sites for hydroxylation is 2. The van der Waals surface area contributed by atoms with Crippen molar-refractivity contribution < 1.29 is 4.79 Å². The Kier molecular flexibility index (Phi) is 1.94. The molecule has 13 heavy (non-hydrogen) atoms. The number of hydrogen-bond donors (Lipinski definition) is 0. The highest BCUT2D eigenvalue weighted by Crippen LogP contribution is 2.33. The summed E-state index contributed by atoms with van der Waals surface area (Å²) in [4.78, 5) is 11.1. The van der Waals surface area contributed by atoms with E-state index in [1.807, 2.05) is 24.9 Å². The fraction of sp³-hybridized carbons (Fsp3) is 0.600. The molecule has 0 N–H and O–H groups in total. The molecule has 1 aromatic heterocycles. The van der Waals surface area contributed by atoms with Crippen molar-refractivity contribution in [2.45, 2.75) is 32.1 Å². The fourth-order valence-electron chi connectivity index (χ4n) is 2.10. The quantitative estimate of drug-likeness (QED) is 0.654. The van der Waals surface area contributed by atoms with Crippen LogP contribution in [0.15, 0.2) is 6.20 Å². The highest BCUT2D eigenvalue weighted by Gasteiger charge is 2.25. The van der Waals surface area contributed by atoms with Gasteiger partial charge in [0.25, 0.3) is 0 Å². The second-order valence-corrected chi connectivity index (χ2v) is 3.82. The van der Waals surface area contributed by atoms with Crippen molar-refractivity contribution in [2.75, 3.05) is 0 Å². The van der Waals surface area contributed by atoms with Crippen LogP contribution in [0.3, 0.4) is 0 Å². The average Bonchev–Trinajstić information content (AvgIpc) is 2.58. The van der Waals surface area contributed by atoms with Crippen molar-refractivity contribution in [3.63, 3.8) is 0 Å². The van der Waals surface area contributed by atoms with Gasteiger partial charge in [-0.05, 0) is 24.8 Å². The molecule has 1 fully saturated rings. The number of Topliss-reactive ketones (excluding diaryl/α,β-unsaturated/α-hetero) is 1. The molecule has 0 bridgehead atoms. The molecule has 2 rings (SSSR count). The van der Waals surface area contributed by atoms with E-state index in [4.69, 9.17) is 0 Å². The van der Waals surface area contributed by atoms with E-state index in [2.05, 4.69) is 5.10 Å². The van der Waals surface area contributed by atoms with Gasteiger partial charge in [-0.25, -0.2) is 0 Å². The second-order valence-electron chi connectivity index (χ2n) is 3.82. The molecule has 1 aliphatic carbocycles. The van der Waals surface area contributed by atoms with E-state index < -0.39 is 0 Å². The Balaban J connectivity index is 2.25. The van der Waals surface area contributed by atoms with E-state index in [1.165, 1.54) is 5.56 Å². The Hall–Kier alpha value is -1.12. The number of rotatable bonds is 1. The summed E-state index contributed by atoms with van der Waals surface area (Å²) < 4.78 is 1.83. The van der Waals surface area contributed by atoms with Crippen LogP contribution in [0.5, 0.6) is 0 Å². The van der Waals surface area contributed by atoms with Crippen LogP contribution in [0.2, 0.25) is 0 Å².